The number of rotatable bonds is 14. The molecule has 0 rings (SSSR count). The monoisotopic (exact) mass is 332 g/mol. The summed E-state index contributed by atoms with van der Waals surface area (Å²) >= 11 is 0. The van der Waals surface area contributed by atoms with Gasteiger partial charge >= 0.3 is 5.97 Å². The van der Waals surface area contributed by atoms with Crippen LogP contribution in [-0.2, 0) is 14.3 Å². The van der Waals surface area contributed by atoms with E-state index in [9.17, 15) is 4.79 Å². The molecule has 0 atom stereocenters. The van der Waals surface area contributed by atoms with Gasteiger partial charge in [-0.3, -0.25) is 4.79 Å². The van der Waals surface area contributed by atoms with Crippen molar-refractivity contribution in [2.45, 2.75) is 58.3 Å². The van der Waals surface area contributed by atoms with Crippen LogP contribution in [0, 0.1) is 0 Å². The molecule has 24 heavy (non-hydrogen) atoms. The lowest BCUT2D eigenvalue weighted by Gasteiger charge is -1.94. The van der Waals surface area contributed by atoms with Crippen molar-refractivity contribution in [2.24, 2.45) is 0 Å². The third-order valence-corrected chi connectivity index (χ3v) is 3.20. The van der Waals surface area contributed by atoms with Gasteiger partial charge in [0.1, 0.15) is 0 Å². The minimum absolute atomic E-state index is 0.160. The molecule has 0 amide bonds. The zero-order valence-corrected chi connectivity index (χ0v) is 15.2. The van der Waals surface area contributed by atoms with E-state index in [1.165, 1.54) is 32.8 Å². The Kier molecular flexibility index (Phi) is 17.4. The van der Waals surface area contributed by atoms with E-state index in [1.807, 2.05) is 30.4 Å². The molecule has 3 nitrogen and oxygen atoms in total. The molecule has 0 bridgehead atoms. The van der Waals surface area contributed by atoms with Gasteiger partial charge in [0, 0.05) is 6.42 Å². The molecule has 0 saturated heterocycles. The Morgan fingerprint density at radius 2 is 1.54 bits per heavy atom. The Bertz CT molecular complexity index is 428. The number of hydrogen-bond donors (Lipinski definition) is 0. The Labute approximate surface area is 147 Å². The van der Waals surface area contributed by atoms with Gasteiger partial charge in [0.05, 0.1) is 19.6 Å². The lowest BCUT2D eigenvalue weighted by atomic mass is 10.2. The molecular formula is C21H32O3. The average molecular weight is 332 g/mol. The van der Waals surface area contributed by atoms with Crippen molar-refractivity contribution >= 4 is 5.97 Å². The maximum atomic E-state index is 10.9. The van der Waals surface area contributed by atoms with E-state index in [0.717, 1.165) is 19.3 Å². The van der Waals surface area contributed by atoms with Crippen LogP contribution in [0.5, 0.6) is 0 Å². The lowest BCUT2D eigenvalue weighted by molar-refractivity contribution is -0.140. The van der Waals surface area contributed by atoms with Gasteiger partial charge in [0.2, 0.25) is 0 Å². The normalized spacial score (nSPS) is 12.4. The largest absolute Gasteiger partial charge is 0.473 e. The van der Waals surface area contributed by atoms with Crippen LogP contribution in [-0.4, -0.2) is 13.1 Å². The molecule has 0 aromatic heterocycles. The maximum Gasteiger partial charge on any atom is 0.305 e. The molecular weight excluding hydrogens is 300 g/mol. The molecule has 0 heterocycles. The standard InChI is InChI=1S/C21H32O3/c1-3-4-5-6-7-8-9-10-13-16-19-24-20-17-14-11-12-15-18-21(22)23-2/h7-8,10-11,13-14,16-17,19-20H,3-6,9,12,15,18H2,1-2H3/b8-7-,13-10-,14-11-,19-16-,20-17+. The minimum atomic E-state index is -0.160. The molecule has 0 unspecified atom stereocenters. The molecule has 0 aliphatic heterocycles. The molecule has 0 fully saturated rings. The molecule has 0 radical (unpaired) electrons. The Balaban J connectivity index is 3.53. The number of carbonyl (C=O) groups excluding carboxylic acids is 1. The first-order chi connectivity index (χ1) is 11.8. The summed E-state index contributed by atoms with van der Waals surface area (Å²) < 4.78 is 9.78. The number of ether oxygens (including phenoxy) is 2. The zero-order valence-electron chi connectivity index (χ0n) is 15.2. The number of carbonyl (C=O) groups is 1. The van der Waals surface area contributed by atoms with Crippen LogP contribution in [0.25, 0.3) is 0 Å². The molecule has 0 spiro atoms. The molecule has 0 aliphatic carbocycles. The van der Waals surface area contributed by atoms with Crippen LogP contribution in [0.4, 0.5) is 0 Å². The Morgan fingerprint density at radius 3 is 2.25 bits per heavy atom. The van der Waals surface area contributed by atoms with Crippen LogP contribution in [0.3, 0.4) is 0 Å². The smallest absolute Gasteiger partial charge is 0.305 e. The summed E-state index contributed by atoms with van der Waals surface area (Å²) in [6, 6.07) is 0. The van der Waals surface area contributed by atoms with Crippen LogP contribution in [0.15, 0.2) is 61.1 Å². The van der Waals surface area contributed by atoms with Gasteiger partial charge in [-0.15, -0.1) is 0 Å². The zero-order chi connectivity index (χ0) is 17.7. The number of hydrogen-bond acceptors (Lipinski definition) is 3. The third kappa shape index (κ3) is 18.0. The van der Waals surface area contributed by atoms with Gasteiger partial charge in [-0.1, -0.05) is 56.2 Å². The summed E-state index contributed by atoms with van der Waals surface area (Å²) in [5.41, 5.74) is 0. The van der Waals surface area contributed by atoms with E-state index in [1.54, 1.807) is 12.5 Å². The molecule has 3 heteroatoms. The van der Waals surface area contributed by atoms with Crippen LogP contribution >= 0.6 is 0 Å². The van der Waals surface area contributed by atoms with Crippen LogP contribution in [0.2, 0.25) is 0 Å². The summed E-state index contributed by atoms with van der Waals surface area (Å²) in [6.07, 6.45) is 27.5. The second kappa shape index (κ2) is 19.0. The van der Waals surface area contributed by atoms with E-state index in [4.69, 9.17) is 4.74 Å². The molecule has 0 N–H and O–H groups in total. The predicted octanol–water partition coefficient (Wildman–Crippen LogP) is 6.01. The van der Waals surface area contributed by atoms with E-state index in [-0.39, 0.29) is 5.97 Å². The fourth-order valence-corrected chi connectivity index (χ4v) is 1.83. The number of methoxy groups -OCH3 is 1. The van der Waals surface area contributed by atoms with Gasteiger partial charge in [0.25, 0.3) is 0 Å². The summed E-state index contributed by atoms with van der Waals surface area (Å²) in [4.78, 5) is 10.9. The fraction of sp³-hybridized carbons (Fsp3) is 0.476. The maximum absolute atomic E-state index is 10.9. The van der Waals surface area contributed by atoms with Crippen molar-refractivity contribution in [3.8, 4) is 0 Å². The summed E-state index contributed by atoms with van der Waals surface area (Å²) in [5.74, 6) is -0.160. The van der Waals surface area contributed by atoms with E-state index in [0.29, 0.717) is 6.42 Å². The van der Waals surface area contributed by atoms with Gasteiger partial charge in [-0.25, -0.2) is 0 Å². The Morgan fingerprint density at radius 1 is 0.833 bits per heavy atom. The quantitative estimate of drug-likeness (QED) is 0.128. The van der Waals surface area contributed by atoms with Crippen molar-refractivity contribution in [2.75, 3.05) is 7.11 Å². The van der Waals surface area contributed by atoms with Crippen molar-refractivity contribution < 1.29 is 14.3 Å². The van der Waals surface area contributed by atoms with E-state index in [2.05, 4.69) is 29.9 Å². The average Bonchev–Trinajstić information content (AvgIpc) is 2.60. The van der Waals surface area contributed by atoms with Gasteiger partial charge in [0.15, 0.2) is 0 Å². The second-order valence-electron chi connectivity index (χ2n) is 5.32. The summed E-state index contributed by atoms with van der Waals surface area (Å²) in [7, 11) is 1.41. The minimum Gasteiger partial charge on any atom is -0.473 e. The van der Waals surface area contributed by atoms with E-state index < -0.39 is 0 Å². The number of unbranched alkanes of at least 4 members (excludes halogenated alkanes) is 4. The molecule has 134 valence electrons. The van der Waals surface area contributed by atoms with Crippen molar-refractivity contribution in [1.29, 1.82) is 0 Å². The Hall–Kier alpha value is -2.03. The van der Waals surface area contributed by atoms with Gasteiger partial charge in [-0.05, 0) is 44.3 Å². The summed E-state index contributed by atoms with van der Waals surface area (Å²) in [6.45, 7) is 2.22. The number of esters is 1. The summed E-state index contributed by atoms with van der Waals surface area (Å²) in [5, 5.41) is 0. The highest BCUT2D eigenvalue weighted by Gasteiger charge is 1.96. The first-order valence-electron chi connectivity index (χ1n) is 8.81. The van der Waals surface area contributed by atoms with Crippen LogP contribution < -0.4 is 0 Å². The third-order valence-electron chi connectivity index (χ3n) is 3.20. The highest BCUT2D eigenvalue weighted by atomic mass is 16.5. The van der Waals surface area contributed by atoms with Crippen molar-refractivity contribution in [1.82, 2.24) is 0 Å². The molecule has 0 aromatic carbocycles. The van der Waals surface area contributed by atoms with Crippen LogP contribution in [0.1, 0.15) is 58.3 Å². The lowest BCUT2D eigenvalue weighted by Crippen LogP contribution is -1.98. The molecule has 0 saturated carbocycles. The highest BCUT2D eigenvalue weighted by Crippen LogP contribution is 2.00. The van der Waals surface area contributed by atoms with E-state index >= 15 is 0 Å². The number of allylic oxidation sites excluding steroid dienone is 8. The molecule has 0 aromatic rings. The predicted molar refractivity (Wildman–Crippen MR) is 101 cm³/mol. The fourth-order valence-electron chi connectivity index (χ4n) is 1.83. The second-order valence-corrected chi connectivity index (χ2v) is 5.32. The first-order valence-corrected chi connectivity index (χ1v) is 8.81. The topological polar surface area (TPSA) is 35.5 Å². The van der Waals surface area contributed by atoms with Gasteiger partial charge < -0.3 is 9.47 Å². The van der Waals surface area contributed by atoms with Crippen molar-refractivity contribution in [3.63, 3.8) is 0 Å². The molecule has 0 aliphatic rings. The SMILES string of the molecule is CCCCC/C=C\C/C=C\C=C/O/C=C/C=C\CCCC(=O)OC. The highest BCUT2D eigenvalue weighted by molar-refractivity contribution is 5.69. The van der Waals surface area contributed by atoms with Gasteiger partial charge in [-0.2, -0.15) is 0 Å². The van der Waals surface area contributed by atoms with Crippen molar-refractivity contribution in [3.05, 3.63) is 61.1 Å². The first kappa shape index (κ1) is 22.0.